The van der Waals surface area contributed by atoms with E-state index in [9.17, 15) is 19.5 Å². The van der Waals surface area contributed by atoms with Crippen molar-refractivity contribution >= 4 is 22.8 Å². The highest BCUT2D eigenvalue weighted by Gasteiger charge is 2.45. The fourth-order valence-electron chi connectivity index (χ4n) is 5.49. The van der Waals surface area contributed by atoms with Gasteiger partial charge in [0.2, 0.25) is 0 Å². The maximum atomic E-state index is 13.4. The molecule has 2 aromatic heterocycles. The van der Waals surface area contributed by atoms with E-state index in [0.29, 0.717) is 49.0 Å². The van der Waals surface area contributed by atoms with Gasteiger partial charge in [-0.05, 0) is 30.7 Å². The molecule has 6 rings (SSSR count). The topological polar surface area (TPSA) is 120 Å². The van der Waals surface area contributed by atoms with Crippen molar-refractivity contribution in [3.8, 4) is 17.1 Å². The number of aromatic nitrogens is 2. The molecule has 0 unspecified atom stereocenters. The molecule has 0 saturated carbocycles. The highest BCUT2D eigenvalue weighted by molar-refractivity contribution is 5.90. The Morgan fingerprint density at radius 3 is 2.73 bits per heavy atom. The van der Waals surface area contributed by atoms with Crippen LogP contribution in [0.2, 0.25) is 0 Å². The van der Waals surface area contributed by atoms with Crippen molar-refractivity contribution in [2.24, 2.45) is 0 Å². The van der Waals surface area contributed by atoms with Crippen LogP contribution in [0, 0.1) is 0 Å². The Morgan fingerprint density at radius 2 is 2.00 bits per heavy atom. The summed E-state index contributed by atoms with van der Waals surface area (Å²) in [5.41, 5.74) is 1.97. The molecular formula is C27H27N3O7. The lowest BCUT2D eigenvalue weighted by Crippen LogP contribution is -2.44. The van der Waals surface area contributed by atoms with Crippen LogP contribution in [-0.4, -0.2) is 57.8 Å². The number of benzene rings is 1. The number of pyridine rings is 2. The predicted molar refractivity (Wildman–Crippen MR) is 132 cm³/mol. The Labute approximate surface area is 212 Å². The molecule has 37 heavy (non-hydrogen) atoms. The fourth-order valence-corrected chi connectivity index (χ4v) is 5.49. The van der Waals surface area contributed by atoms with Crippen LogP contribution in [-0.2, 0) is 44.4 Å². The van der Waals surface area contributed by atoms with Crippen molar-refractivity contribution in [3.05, 3.63) is 56.9 Å². The summed E-state index contributed by atoms with van der Waals surface area (Å²) in [6.07, 6.45) is 0.0869. The summed E-state index contributed by atoms with van der Waals surface area (Å²) < 4.78 is 17.8. The molecule has 0 spiro atoms. The largest absolute Gasteiger partial charge is 0.458 e. The molecule has 192 valence electrons. The second-order valence-electron chi connectivity index (χ2n) is 9.69. The number of carbonyl (C=O) groups is 2. The third-order valence-corrected chi connectivity index (χ3v) is 7.50. The van der Waals surface area contributed by atoms with Gasteiger partial charge in [-0.25, -0.2) is 9.78 Å². The van der Waals surface area contributed by atoms with Crippen molar-refractivity contribution < 1.29 is 28.9 Å². The maximum Gasteiger partial charge on any atom is 0.343 e. The number of carbonyl (C=O) groups excluding carboxylic acids is 2. The molecule has 0 amide bonds. The Bertz CT molecular complexity index is 1520. The maximum absolute atomic E-state index is 13.4. The van der Waals surface area contributed by atoms with Gasteiger partial charge in [-0.2, -0.15) is 0 Å². The Kier molecular flexibility index (Phi) is 5.63. The first kappa shape index (κ1) is 23.8. The summed E-state index contributed by atoms with van der Waals surface area (Å²) in [4.78, 5) is 44.8. The van der Waals surface area contributed by atoms with Crippen LogP contribution >= 0.6 is 0 Å². The molecule has 1 atom stereocenters. The fraction of sp³-hybridized carbons (Fsp3) is 0.407. The first-order valence-corrected chi connectivity index (χ1v) is 12.4. The standard InChI is InChI=1S/C27H27N3O7/c1-3-27(34)20-11-22-24-16(12-30(22)25(32)19(20)14-36-26(27)33)10-17-18(13-29-6-8-35-9-7-29)23(37-15(2)31)5-4-21(17)28-24/h4-5,10-11,34H,3,6-9,12-14H2,1-2H3/t27-/m0/s1. The van der Waals surface area contributed by atoms with Crippen LogP contribution in [0.3, 0.4) is 0 Å². The van der Waals surface area contributed by atoms with Gasteiger partial charge in [0.25, 0.3) is 5.56 Å². The molecule has 3 aromatic rings. The molecule has 1 aromatic carbocycles. The smallest absolute Gasteiger partial charge is 0.343 e. The van der Waals surface area contributed by atoms with Crippen LogP contribution in [0.25, 0.3) is 22.3 Å². The molecule has 0 radical (unpaired) electrons. The highest BCUT2D eigenvalue weighted by Crippen LogP contribution is 2.40. The number of fused-ring (bicyclic) bond motifs is 5. The van der Waals surface area contributed by atoms with Crippen molar-refractivity contribution in [1.29, 1.82) is 0 Å². The Balaban J connectivity index is 1.51. The average Bonchev–Trinajstić information content (AvgIpc) is 3.25. The molecule has 3 aliphatic rings. The van der Waals surface area contributed by atoms with Crippen LogP contribution in [0.15, 0.2) is 29.1 Å². The van der Waals surface area contributed by atoms with Crippen molar-refractivity contribution in [2.75, 3.05) is 26.3 Å². The number of rotatable bonds is 4. The van der Waals surface area contributed by atoms with E-state index in [2.05, 4.69) is 4.90 Å². The monoisotopic (exact) mass is 505 g/mol. The normalized spacial score (nSPS) is 20.8. The molecule has 10 nitrogen and oxygen atoms in total. The van der Waals surface area contributed by atoms with Crippen LogP contribution in [0.1, 0.15) is 42.5 Å². The number of aliphatic hydroxyl groups is 1. The molecule has 1 fully saturated rings. The number of hydrogen-bond donors (Lipinski definition) is 1. The summed E-state index contributed by atoms with van der Waals surface area (Å²) >= 11 is 0. The van der Waals surface area contributed by atoms with Gasteiger partial charge < -0.3 is 23.9 Å². The Morgan fingerprint density at radius 1 is 1.22 bits per heavy atom. The molecule has 0 aliphatic carbocycles. The molecule has 0 bridgehead atoms. The van der Waals surface area contributed by atoms with Crippen molar-refractivity contribution in [2.45, 2.75) is 45.6 Å². The SMILES string of the molecule is CC[C@@]1(O)C(=O)OCc2c1cc1n(c2=O)Cc2cc3c(CN4CCOCC4)c(OC(C)=O)ccc3nc2-1. The first-order chi connectivity index (χ1) is 17.8. The zero-order valence-corrected chi connectivity index (χ0v) is 20.7. The summed E-state index contributed by atoms with van der Waals surface area (Å²) in [5.74, 6) is -0.663. The van der Waals surface area contributed by atoms with E-state index in [1.807, 2.05) is 6.07 Å². The third kappa shape index (κ3) is 3.75. The zero-order chi connectivity index (χ0) is 25.9. The van der Waals surface area contributed by atoms with Crippen LogP contribution < -0.4 is 10.3 Å². The van der Waals surface area contributed by atoms with E-state index < -0.39 is 17.5 Å². The lowest BCUT2D eigenvalue weighted by Gasteiger charge is -2.31. The predicted octanol–water partition coefficient (Wildman–Crippen LogP) is 1.84. The molecule has 3 aliphatic heterocycles. The third-order valence-electron chi connectivity index (χ3n) is 7.50. The number of hydrogen-bond acceptors (Lipinski definition) is 9. The van der Waals surface area contributed by atoms with E-state index in [1.54, 1.807) is 29.7 Å². The highest BCUT2D eigenvalue weighted by atomic mass is 16.6. The first-order valence-electron chi connectivity index (χ1n) is 12.4. The van der Waals surface area contributed by atoms with Gasteiger partial charge >= 0.3 is 11.9 Å². The van der Waals surface area contributed by atoms with Gasteiger partial charge in [-0.3, -0.25) is 14.5 Å². The van der Waals surface area contributed by atoms with E-state index in [0.717, 1.165) is 29.6 Å². The summed E-state index contributed by atoms with van der Waals surface area (Å²) in [6, 6.07) is 7.25. The van der Waals surface area contributed by atoms with Gasteiger partial charge in [-0.1, -0.05) is 6.92 Å². The minimum atomic E-state index is -1.87. The Hall–Kier alpha value is -3.60. The lowest BCUT2D eigenvalue weighted by atomic mass is 9.86. The molecule has 10 heteroatoms. The van der Waals surface area contributed by atoms with Gasteiger partial charge in [-0.15, -0.1) is 0 Å². The van der Waals surface area contributed by atoms with Gasteiger partial charge in [0.05, 0.1) is 42.2 Å². The van der Waals surface area contributed by atoms with E-state index >= 15 is 0 Å². The molecular weight excluding hydrogens is 478 g/mol. The number of ether oxygens (including phenoxy) is 3. The van der Waals surface area contributed by atoms with Gasteiger partial charge in [0, 0.05) is 48.6 Å². The number of cyclic esters (lactones) is 1. The van der Waals surface area contributed by atoms with Crippen molar-refractivity contribution in [3.63, 3.8) is 0 Å². The quantitative estimate of drug-likeness (QED) is 0.327. The summed E-state index contributed by atoms with van der Waals surface area (Å²) in [7, 11) is 0. The second-order valence-corrected chi connectivity index (χ2v) is 9.69. The van der Waals surface area contributed by atoms with E-state index in [-0.39, 0.29) is 29.7 Å². The summed E-state index contributed by atoms with van der Waals surface area (Å²) in [6.45, 7) is 6.56. The van der Waals surface area contributed by atoms with Gasteiger partial charge in [0.15, 0.2) is 5.60 Å². The van der Waals surface area contributed by atoms with Gasteiger partial charge in [0.1, 0.15) is 12.4 Å². The van der Waals surface area contributed by atoms with E-state index in [4.69, 9.17) is 19.2 Å². The number of esters is 2. The second kappa shape index (κ2) is 8.76. The van der Waals surface area contributed by atoms with E-state index in [1.165, 1.54) is 6.92 Å². The number of nitrogens with zero attached hydrogens (tertiary/aromatic N) is 3. The van der Waals surface area contributed by atoms with Crippen LogP contribution in [0.5, 0.6) is 5.75 Å². The average molecular weight is 506 g/mol. The minimum absolute atomic E-state index is 0.0869. The van der Waals surface area contributed by atoms with Crippen LogP contribution in [0.4, 0.5) is 0 Å². The molecule has 1 saturated heterocycles. The molecule has 1 N–H and O–H groups in total. The summed E-state index contributed by atoms with van der Waals surface area (Å²) in [5, 5.41) is 11.9. The number of morpholine rings is 1. The molecule has 5 heterocycles. The lowest BCUT2D eigenvalue weighted by molar-refractivity contribution is -0.172. The van der Waals surface area contributed by atoms with Crippen molar-refractivity contribution in [1.82, 2.24) is 14.5 Å². The minimum Gasteiger partial charge on any atom is -0.458 e. The zero-order valence-electron chi connectivity index (χ0n) is 20.7.